The van der Waals surface area contributed by atoms with Crippen LogP contribution in [0.5, 0.6) is 0 Å². The maximum Gasteiger partial charge on any atom is 0.134 e. The van der Waals surface area contributed by atoms with Gasteiger partial charge in [-0.3, -0.25) is 0 Å². The summed E-state index contributed by atoms with van der Waals surface area (Å²) in [4.78, 5) is 0. The van der Waals surface area contributed by atoms with Crippen LogP contribution in [0.3, 0.4) is 0 Å². The largest absolute Gasteiger partial charge is 0.458 e. The number of rotatable bonds is 2. The van der Waals surface area contributed by atoms with Crippen LogP contribution in [0.1, 0.15) is 25.2 Å². The Balaban J connectivity index is 2.51. The molecule has 3 heteroatoms. The average molecular weight is 255 g/mol. The van der Waals surface area contributed by atoms with Crippen LogP contribution in [0.15, 0.2) is 33.2 Å². The number of benzene rings is 1. The van der Waals surface area contributed by atoms with E-state index in [1.807, 2.05) is 31.2 Å². The number of hydrogen-bond acceptors (Lipinski definition) is 2. The molecular formula is C11H11BrO2. The van der Waals surface area contributed by atoms with E-state index in [9.17, 15) is 5.11 Å². The summed E-state index contributed by atoms with van der Waals surface area (Å²) < 4.78 is 6.52. The van der Waals surface area contributed by atoms with E-state index in [4.69, 9.17) is 4.42 Å². The van der Waals surface area contributed by atoms with Crippen molar-refractivity contribution in [3.63, 3.8) is 0 Å². The summed E-state index contributed by atoms with van der Waals surface area (Å²) in [7, 11) is 0. The first-order valence-corrected chi connectivity index (χ1v) is 5.37. The van der Waals surface area contributed by atoms with E-state index in [0.717, 1.165) is 15.4 Å². The third-order valence-corrected chi connectivity index (χ3v) is 2.71. The van der Waals surface area contributed by atoms with Crippen molar-refractivity contribution in [1.82, 2.24) is 0 Å². The molecule has 0 aliphatic carbocycles. The molecule has 2 nitrogen and oxygen atoms in total. The summed E-state index contributed by atoms with van der Waals surface area (Å²) in [5, 5.41) is 10.6. The summed E-state index contributed by atoms with van der Waals surface area (Å²) in [5.41, 5.74) is 0.815. The first kappa shape index (κ1) is 9.74. The van der Waals surface area contributed by atoms with E-state index in [1.165, 1.54) is 0 Å². The molecule has 1 aromatic heterocycles. The van der Waals surface area contributed by atoms with Crippen LogP contribution in [0.2, 0.25) is 0 Å². The van der Waals surface area contributed by atoms with E-state index in [0.29, 0.717) is 12.2 Å². The Morgan fingerprint density at radius 1 is 1.43 bits per heavy atom. The van der Waals surface area contributed by atoms with E-state index in [-0.39, 0.29) is 0 Å². The molecule has 1 N–H and O–H groups in total. The Labute approximate surface area is 90.7 Å². The van der Waals surface area contributed by atoms with Crippen molar-refractivity contribution in [1.29, 1.82) is 0 Å². The molecule has 0 fully saturated rings. The molecule has 0 amide bonds. The second kappa shape index (κ2) is 3.75. The quantitative estimate of drug-likeness (QED) is 0.888. The minimum absolute atomic E-state index is 0.499. The maximum atomic E-state index is 9.59. The van der Waals surface area contributed by atoms with Crippen LogP contribution >= 0.6 is 15.9 Å². The molecule has 0 saturated carbocycles. The highest BCUT2D eigenvalue weighted by Gasteiger charge is 2.10. The zero-order valence-corrected chi connectivity index (χ0v) is 9.41. The van der Waals surface area contributed by atoms with Gasteiger partial charge in [0, 0.05) is 9.86 Å². The standard InChI is InChI=1S/C11H11BrO2/c1-2-9(13)11-6-7-5-8(12)3-4-10(7)14-11/h3-6,9,13H,2H2,1H3. The minimum atomic E-state index is -0.499. The Morgan fingerprint density at radius 3 is 2.93 bits per heavy atom. The van der Waals surface area contributed by atoms with E-state index >= 15 is 0 Å². The Hall–Kier alpha value is -0.800. The fraction of sp³-hybridized carbons (Fsp3) is 0.273. The van der Waals surface area contributed by atoms with E-state index < -0.39 is 6.10 Å². The molecule has 14 heavy (non-hydrogen) atoms. The number of aliphatic hydroxyl groups excluding tert-OH is 1. The lowest BCUT2D eigenvalue weighted by molar-refractivity contribution is 0.148. The van der Waals surface area contributed by atoms with Gasteiger partial charge in [0.15, 0.2) is 0 Å². The molecule has 1 heterocycles. The number of aliphatic hydroxyl groups is 1. The second-order valence-corrected chi connectivity index (χ2v) is 4.17. The summed E-state index contributed by atoms with van der Waals surface area (Å²) >= 11 is 3.39. The van der Waals surface area contributed by atoms with Gasteiger partial charge in [0.25, 0.3) is 0 Å². The monoisotopic (exact) mass is 254 g/mol. The maximum absolute atomic E-state index is 9.59. The van der Waals surface area contributed by atoms with Crippen LogP contribution in [0, 0.1) is 0 Å². The predicted octanol–water partition coefficient (Wildman–Crippen LogP) is 3.64. The summed E-state index contributed by atoms with van der Waals surface area (Å²) in [5.74, 6) is 0.639. The van der Waals surface area contributed by atoms with Crippen molar-refractivity contribution < 1.29 is 9.52 Å². The SMILES string of the molecule is CCC(O)c1cc2cc(Br)ccc2o1. The molecule has 1 aromatic carbocycles. The molecule has 0 aliphatic rings. The third-order valence-electron chi connectivity index (χ3n) is 2.21. The van der Waals surface area contributed by atoms with E-state index in [2.05, 4.69) is 15.9 Å². The molecule has 0 bridgehead atoms. The highest BCUT2D eigenvalue weighted by Crippen LogP contribution is 2.27. The molecule has 0 saturated heterocycles. The first-order valence-electron chi connectivity index (χ1n) is 4.57. The topological polar surface area (TPSA) is 33.4 Å². The van der Waals surface area contributed by atoms with Gasteiger partial charge in [-0.25, -0.2) is 0 Å². The van der Waals surface area contributed by atoms with Gasteiger partial charge in [0.2, 0.25) is 0 Å². The molecule has 2 aromatic rings. The van der Waals surface area contributed by atoms with Crippen molar-refractivity contribution in [3.05, 3.63) is 34.5 Å². The highest BCUT2D eigenvalue weighted by molar-refractivity contribution is 9.10. The number of furan rings is 1. The predicted molar refractivity (Wildman–Crippen MR) is 59.2 cm³/mol. The fourth-order valence-corrected chi connectivity index (χ4v) is 1.78. The summed E-state index contributed by atoms with van der Waals surface area (Å²) in [6.45, 7) is 1.92. The summed E-state index contributed by atoms with van der Waals surface area (Å²) in [6, 6.07) is 7.68. The lowest BCUT2D eigenvalue weighted by atomic mass is 10.2. The summed E-state index contributed by atoms with van der Waals surface area (Å²) in [6.07, 6.45) is 0.169. The average Bonchev–Trinajstić information content (AvgIpc) is 2.59. The lowest BCUT2D eigenvalue weighted by Crippen LogP contribution is -1.90. The van der Waals surface area contributed by atoms with Gasteiger partial charge in [-0.1, -0.05) is 22.9 Å². The molecule has 0 aliphatic heterocycles. The zero-order valence-electron chi connectivity index (χ0n) is 7.83. The lowest BCUT2D eigenvalue weighted by Gasteiger charge is -2.00. The van der Waals surface area contributed by atoms with Gasteiger partial charge in [-0.2, -0.15) is 0 Å². The highest BCUT2D eigenvalue weighted by atomic mass is 79.9. The van der Waals surface area contributed by atoms with Gasteiger partial charge < -0.3 is 9.52 Å². The molecular weight excluding hydrogens is 244 g/mol. The fourth-order valence-electron chi connectivity index (χ4n) is 1.40. The van der Waals surface area contributed by atoms with Crippen LogP contribution in [-0.4, -0.2) is 5.11 Å². The van der Waals surface area contributed by atoms with Crippen LogP contribution < -0.4 is 0 Å². The molecule has 0 radical (unpaired) electrons. The van der Waals surface area contributed by atoms with Gasteiger partial charge >= 0.3 is 0 Å². The molecule has 74 valence electrons. The smallest absolute Gasteiger partial charge is 0.134 e. The first-order chi connectivity index (χ1) is 6.70. The van der Waals surface area contributed by atoms with Gasteiger partial charge in [0.05, 0.1) is 0 Å². The van der Waals surface area contributed by atoms with Crippen molar-refractivity contribution in [2.24, 2.45) is 0 Å². The number of fused-ring (bicyclic) bond motifs is 1. The van der Waals surface area contributed by atoms with Crippen molar-refractivity contribution in [3.8, 4) is 0 Å². The molecule has 2 rings (SSSR count). The third kappa shape index (κ3) is 1.70. The Bertz CT molecular complexity index is 447. The minimum Gasteiger partial charge on any atom is -0.458 e. The normalized spacial score (nSPS) is 13.4. The van der Waals surface area contributed by atoms with Crippen LogP contribution in [0.25, 0.3) is 11.0 Å². The van der Waals surface area contributed by atoms with Crippen molar-refractivity contribution in [2.45, 2.75) is 19.4 Å². The van der Waals surface area contributed by atoms with Gasteiger partial charge in [0.1, 0.15) is 17.4 Å². The van der Waals surface area contributed by atoms with Crippen LogP contribution in [0.4, 0.5) is 0 Å². The zero-order chi connectivity index (χ0) is 10.1. The molecule has 1 unspecified atom stereocenters. The van der Waals surface area contributed by atoms with Gasteiger partial charge in [-0.05, 0) is 30.7 Å². The molecule has 1 atom stereocenters. The van der Waals surface area contributed by atoms with Crippen molar-refractivity contribution >= 4 is 26.9 Å². The molecule has 0 spiro atoms. The van der Waals surface area contributed by atoms with Crippen molar-refractivity contribution in [2.75, 3.05) is 0 Å². The second-order valence-electron chi connectivity index (χ2n) is 3.25. The van der Waals surface area contributed by atoms with Gasteiger partial charge in [-0.15, -0.1) is 0 Å². The Kier molecular flexibility index (Phi) is 2.61. The number of halogens is 1. The number of hydrogen-bond donors (Lipinski definition) is 1. The van der Waals surface area contributed by atoms with E-state index in [1.54, 1.807) is 0 Å². The van der Waals surface area contributed by atoms with Crippen LogP contribution in [-0.2, 0) is 0 Å². The Morgan fingerprint density at radius 2 is 2.21 bits per heavy atom.